The molecule has 1 amide bonds. The Morgan fingerprint density at radius 1 is 1.32 bits per heavy atom. The molecule has 0 spiro atoms. The molecule has 0 unspecified atom stereocenters. The number of carbonyl (C=O) groups excluding carboxylic acids is 1. The highest BCUT2D eigenvalue weighted by Crippen LogP contribution is 2.24. The summed E-state index contributed by atoms with van der Waals surface area (Å²) in [7, 11) is 0. The summed E-state index contributed by atoms with van der Waals surface area (Å²) in [5.74, 6) is -1.10. The lowest BCUT2D eigenvalue weighted by Crippen LogP contribution is -2.15. The molecule has 3 nitrogen and oxygen atoms in total. The van der Waals surface area contributed by atoms with E-state index in [2.05, 4.69) is 21.2 Å². The molecule has 2 aromatic carbocycles. The molecule has 0 saturated heterocycles. The monoisotopic (exact) mass is 322 g/mol. The number of para-hydroxylation sites is 1. The molecule has 0 radical (unpaired) electrons. The van der Waals surface area contributed by atoms with Crippen LogP contribution in [0.15, 0.2) is 40.9 Å². The number of aryl methyl sites for hydroxylation is 1. The average Bonchev–Trinajstić information content (AvgIpc) is 2.37. The van der Waals surface area contributed by atoms with Crippen molar-refractivity contribution in [3.63, 3.8) is 0 Å². The third-order valence-electron chi connectivity index (χ3n) is 2.72. The van der Waals surface area contributed by atoms with Crippen molar-refractivity contribution in [1.82, 2.24) is 0 Å². The zero-order valence-corrected chi connectivity index (χ0v) is 11.8. The summed E-state index contributed by atoms with van der Waals surface area (Å²) in [6.45, 7) is 1.82. The number of nitrogens with one attached hydrogen (secondary N) is 1. The Kier molecular flexibility index (Phi) is 3.85. The van der Waals surface area contributed by atoms with E-state index in [0.717, 1.165) is 5.56 Å². The first-order valence-corrected chi connectivity index (χ1v) is 6.40. The average molecular weight is 323 g/mol. The van der Waals surface area contributed by atoms with Crippen LogP contribution in [0.2, 0.25) is 0 Å². The minimum Gasteiger partial charge on any atom is -0.397 e. The minimum absolute atomic E-state index is 0.0305. The lowest BCUT2D eigenvalue weighted by Gasteiger charge is -2.11. The molecular formula is C14H12BrFN2O. The van der Waals surface area contributed by atoms with Gasteiger partial charge in [0.25, 0.3) is 5.91 Å². The van der Waals surface area contributed by atoms with Crippen molar-refractivity contribution in [1.29, 1.82) is 0 Å². The van der Waals surface area contributed by atoms with Crippen LogP contribution in [0.3, 0.4) is 0 Å². The number of rotatable bonds is 2. The van der Waals surface area contributed by atoms with Crippen molar-refractivity contribution >= 4 is 33.2 Å². The molecule has 0 aromatic heterocycles. The van der Waals surface area contributed by atoms with Crippen LogP contribution in [-0.4, -0.2) is 5.91 Å². The van der Waals surface area contributed by atoms with E-state index in [9.17, 15) is 9.18 Å². The molecule has 0 bridgehead atoms. The molecule has 0 atom stereocenters. The molecule has 2 rings (SSSR count). The molecule has 0 saturated carbocycles. The van der Waals surface area contributed by atoms with Crippen molar-refractivity contribution in [3.8, 4) is 0 Å². The Labute approximate surface area is 118 Å². The quantitative estimate of drug-likeness (QED) is 0.828. The fraction of sp³-hybridized carbons (Fsp3) is 0.0714. The number of amides is 1. The van der Waals surface area contributed by atoms with E-state index >= 15 is 0 Å². The normalized spacial score (nSPS) is 10.3. The van der Waals surface area contributed by atoms with Gasteiger partial charge in [0.1, 0.15) is 5.82 Å². The zero-order chi connectivity index (χ0) is 14.0. The predicted molar refractivity (Wildman–Crippen MR) is 77.6 cm³/mol. The largest absolute Gasteiger partial charge is 0.397 e. The van der Waals surface area contributed by atoms with Gasteiger partial charge in [-0.25, -0.2) is 4.39 Å². The molecule has 0 aliphatic heterocycles. The maximum absolute atomic E-state index is 13.6. The van der Waals surface area contributed by atoms with Gasteiger partial charge in [-0.1, -0.05) is 28.1 Å². The summed E-state index contributed by atoms with van der Waals surface area (Å²) in [6.07, 6.45) is 0. The molecule has 2 aromatic rings. The highest BCUT2D eigenvalue weighted by molar-refractivity contribution is 9.10. The van der Waals surface area contributed by atoms with Gasteiger partial charge in [0.15, 0.2) is 0 Å². The first kappa shape index (κ1) is 13.5. The van der Waals surface area contributed by atoms with Crippen molar-refractivity contribution in [2.75, 3.05) is 11.1 Å². The van der Waals surface area contributed by atoms with E-state index in [1.54, 1.807) is 12.1 Å². The Balaban J connectivity index is 2.34. The number of anilines is 2. The molecule has 5 heteroatoms. The van der Waals surface area contributed by atoms with Gasteiger partial charge >= 0.3 is 0 Å². The lowest BCUT2D eigenvalue weighted by atomic mass is 10.1. The fourth-order valence-corrected chi connectivity index (χ4v) is 2.07. The molecule has 0 aliphatic rings. The number of halogens is 2. The van der Waals surface area contributed by atoms with Crippen LogP contribution in [-0.2, 0) is 0 Å². The maximum atomic E-state index is 13.6. The molecule has 3 N–H and O–H groups in total. The SMILES string of the molecule is Cc1cccc(N)c1NC(=O)c1cc(Br)ccc1F. The van der Waals surface area contributed by atoms with E-state index in [1.165, 1.54) is 18.2 Å². The first-order chi connectivity index (χ1) is 8.99. The number of hydrogen-bond acceptors (Lipinski definition) is 2. The van der Waals surface area contributed by atoms with Gasteiger partial charge in [0.2, 0.25) is 0 Å². The van der Waals surface area contributed by atoms with E-state index < -0.39 is 11.7 Å². The first-order valence-electron chi connectivity index (χ1n) is 5.60. The van der Waals surface area contributed by atoms with Crippen molar-refractivity contribution in [2.24, 2.45) is 0 Å². The summed E-state index contributed by atoms with van der Waals surface area (Å²) in [6, 6.07) is 9.50. The maximum Gasteiger partial charge on any atom is 0.258 e. The highest BCUT2D eigenvalue weighted by atomic mass is 79.9. The van der Waals surface area contributed by atoms with Gasteiger partial charge in [-0.05, 0) is 36.8 Å². The molecule has 19 heavy (non-hydrogen) atoms. The van der Waals surface area contributed by atoms with Gasteiger partial charge in [-0.3, -0.25) is 4.79 Å². The number of nitrogen functional groups attached to an aromatic ring is 1. The topological polar surface area (TPSA) is 55.1 Å². The molecule has 98 valence electrons. The van der Waals surface area contributed by atoms with Crippen LogP contribution in [0.25, 0.3) is 0 Å². The lowest BCUT2D eigenvalue weighted by molar-refractivity contribution is 0.102. The van der Waals surface area contributed by atoms with Crippen molar-refractivity contribution in [3.05, 3.63) is 57.8 Å². The predicted octanol–water partition coefficient (Wildman–Crippen LogP) is 3.73. The zero-order valence-electron chi connectivity index (χ0n) is 10.2. The Bertz CT molecular complexity index is 623. The number of nitrogens with two attached hydrogens (primary N) is 1. The number of benzene rings is 2. The van der Waals surface area contributed by atoms with E-state index in [0.29, 0.717) is 15.8 Å². The second-order valence-electron chi connectivity index (χ2n) is 4.12. The van der Waals surface area contributed by atoms with Gasteiger partial charge in [-0.15, -0.1) is 0 Å². The third-order valence-corrected chi connectivity index (χ3v) is 3.21. The van der Waals surface area contributed by atoms with Crippen molar-refractivity contribution < 1.29 is 9.18 Å². The Morgan fingerprint density at radius 3 is 2.74 bits per heavy atom. The number of carbonyl (C=O) groups is 1. The summed E-state index contributed by atoms with van der Waals surface area (Å²) < 4.78 is 14.2. The van der Waals surface area contributed by atoms with E-state index in [1.807, 2.05) is 13.0 Å². The standard InChI is InChI=1S/C14H12BrFN2O/c1-8-3-2-4-12(17)13(8)18-14(19)10-7-9(15)5-6-11(10)16/h2-7H,17H2,1H3,(H,18,19). The molecular weight excluding hydrogens is 311 g/mol. The van der Waals surface area contributed by atoms with Gasteiger partial charge in [-0.2, -0.15) is 0 Å². The van der Waals surface area contributed by atoms with Crippen LogP contribution in [0, 0.1) is 12.7 Å². The third kappa shape index (κ3) is 2.93. The second-order valence-corrected chi connectivity index (χ2v) is 5.03. The highest BCUT2D eigenvalue weighted by Gasteiger charge is 2.14. The Morgan fingerprint density at radius 2 is 2.05 bits per heavy atom. The van der Waals surface area contributed by atoms with E-state index in [4.69, 9.17) is 5.73 Å². The van der Waals surface area contributed by atoms with Crippen LogP contribution in [0.4, 0.5) is 15.8 Å². The fourth-order valence-electron chi connectivity index (χ4n) is 1.71. The van der Waals surface area contributed by atoms with Crippen LogP contribution in [0.5, 0.6) is 0 Å². The smallest absolute Gasteiger partial charge is 0.258 e. The summed E-state index contributed by atoms with van der Waals surface area (Å²) in [5, 5.41) is 2.64. The summed E-state index contributed by atoms with van der Waals surface area (Å²) in [4.78, 5) is 12.1. The van der Waals surface area contributed by atoms with Crippen LogP contribution in [0.1, 0.15) is 15.9 Å². The van der Waals surface area contributed by atoms with Gasteiger partial charge in [0, 0.05) is 4.47 Å². The molecule has 0 heterocycles. The van der Waals surface area contributed by atoms with Gasteiger partial charge in [0.05, 0.1) is 16.9 Å². The number of hydrogen-bond donors (Lipinski definition) is 2. The molecule has 0 fully saturated rings. The van der Waals surface area contributed by atoms with Crippen LogP contribution >= 0.6 is 15.9 Å². The summed E-state index contributed by atoms with van der Waals surface area (Å²) >= 11 is 3.21. The summed E-state index contributed by atoms with van der Waals surface area (Å²) in [5.41, 5.74) is 7.54. The van der Waals surface area contributed by atoms with Crippen molar-refractivity contribution in [2.45, 2.75) is 6.92 Å². The molecule has 0 aliphatic carbocycles. The minimum atomic E-state index is -0.576. The van der Waals surface area contributed by atoms with Gasteiger partial charge < -0.3 is 11.1 Å². The van der Waals surface area contributed by atoms with Crippen LogP contribution < -0.4 is 11.1 Å². The Hall–Kier alpha value is -1.88. The van der Waals surface area contributed by atoms with E-state index in [-0.39, 0.29) is 5.56 Å². The second kappa shape index (κ2) is 5.40.